The summed E-state index contributed by atoms with van der Waals surface area (Å²) in [5, 5.41) is 5.44. The fourth-order valence-electron chi connectivity index (χ4n) is 1.23. The van der Waals surface area contributed by atoms with E-state index in [1.54, 1.807) is 12.1 Å². The van der Waals surface area contributed by atoms with Crippen LogP contribution in [0.2, 0.25) is 0 Å². The maximum atomic E-state index is 11.4. The van der Waals surface area contributed by atoms with Crippen LogP contribution < -0.4 is 10.6 Å². The monoisotopic (exact) mass is 238 g/mol. The molecule has 0 radical (unpaired) electrons. The number of carbonyl (C=O) groups is 2. The van der Waals surface area contributed by atoms with Gasteiger partial charge in [-0.15, -0.1) is 0 Å². The Morgan fingerprint density at radius 1 is 1.47 bits per heavy atom. The van der Waals surface area contributed by atoms with Crippen molar-refractivity contribution in [3.63, 3.8) is 0 Å². The largest absolute Gasteiger partial charge is 0.459 e. The zero-order valence-corrected chi connectivity index (χ0v) is 10.2. The van der Waals surface area contributed by atoms with Crippen molar-refractivity contribution >= 4 is 11.8 Å². The van der Waals surface area contributed by atoms with Gasteiger partial charge in [0, 0.05) is 19.0 Å². The first kappa shape index (κ1) is 13.3. The highest BCUT2D eigenvalue weighted by atomic mass is 16.3. The molecule has 1 unspecified atom stereocenters. The third-order valence-electron chi connectivity index (χ3n) is 2.40. The van der Waals surface area contributed by atoms with Crippen molar-refractivity contribution in [2.75, 3.05) is 6.54 Å². The van der Waals surface area contributed by atoms with Crippen LogP contribution in [-0.4, -0.2) is 24.4 Å². The molecule has 0 spiro atoms. The molecule has 1 aromatic rings. The van der Waals surface area contributed by atoms with Crippen molar-refractivity contribution in [1.82, 2.24) is 10.6 Å². The molecule has 5 heteroatoms. The van der Waals surface area contributed by atoms with Crippen molar-refractivity contribution in [2.45, 2.75) is 32.7 Å². The van der Waals surface area contributed by atoms with E-state index >= 15 is 0 Å². The van der Waals surface area contributed by atoms with Gasteiger partial charge in [-0.2, -0.15) is 0 Å². The zero-order valence-electron chi connectivity index (χ0n) is 10.2. The van der Waals surface area contributed by atoms with Gasteiger partial charge in [0.1, 0.15) is 0 Å². The van der Waals surface area contributed by atoms with Crippen molar-refractivity contribution in [2.24, 2.45) is 0 Å². The number of carbonyl (C=O) groups excluding carboxylic acids is 2. The third kappa shape index (κ3) is 4.72. The summed E-state index contributed by atoms with van der Waals surface area (Å²) in [6.07, 6.45) is 2.60. The maximum Gasteiger partial charge on any atom is 0.286 e. The molecule has 0 aromatic carbocycles. The van der Waals surface area contributed by atoms with Gasteiger partial charge in [0.2, 0.25) is 5.91 Å². The van der Waals surface area contributed by atoms with E-state index in [0.29, 0.717) is 6.54 Å². The van der Waals surface area contributed by atoms with Gasteiger partial charge >= 0.3 is 0 Å². The van der Waals surface area contributed by atoms with E-state index in [9.17, 15) is 9.59 Å². The van der Waals surface area contributed by atoms with E-state index in [0.717, 1.165) is 6.42 Å². The molecule has 1 atom stereocenters. The van der Waals surface area contributed by atoms with Crippen molar-refractivity contribution in [3.8, 4) is 0 Å². The van der Waals surface area contributed by atoms with Crippen LogP contribution in [-0.2, 0) is 4.79 Å². The Bertz CT molecular complexity index is 360. The van der Waals surface area contributed by atoms with E-state index < -0.39 is 0 Å². The third-order valence-corrected chi connectivity index (χ3v) is 2.40. The molecule has 94 valence electrons. The molecule has 0 aliphatic rings. The Hall–Kier alpha value is -1.78. The topological polar surface area (TPSA) is 71.3 Å². The van der Waals surface area contributed by atoms with Gasteiger partial charge in [-0.25, -0.2) is 0 Å². The number of hydrogen-bond donors (Lipinski definition) is 2. The molecule has 0 saturated carbocycles. The van der Waals surface area contributed by atoms with Crippen LogP contribution >= 0.6 is 0 Å². The van der Waals surface area contributed by atoms with E-state index in [4.69, 9.17) is 4.42 Å². The van der Waals surface area contributed by atoms with Gasteiger partial charge < -0.3 is 15.1 Å². The Balaban J connectivity index is 2.20. The van der Waals surface area contributed by atoms with Gasteiger partial charge in [0.05, 0.1) is 6.26 Å². The molecule has 1 aromatic heterocycles. The molecule has 2 amide bonds. The molecular formula is C12H18N2O3. The van der Waals surface area contributed by atoms with Crippen LogP contribution in [0.5, 0.6) is 0 Å². The quantitative estimate of drug-likeness (QED) is 0.785. The summed E-state index contributed by atoms with van der Waals surface area (Å²) in [5.74, 6) is -0.0993. The van der Waals surface area contributed by atoms with Crippen LogP contribution in [0.3, 0.4) is 0 Å². The van der Waals surface area contributed by atoms with Gasteiger partial charge in [-0.3, -0.25) is 9.59 Å². The highest BCUT2D eigenvalue weighted by Gasteiger charge is 2.09. The fraction of sp³-hybridized carbons (Fsp3) is 0.500. The molecule has 0 aliphatic heterocycles. The second-order valence-corrected chi connectivity index (χ2v) is 3.86. The summed E-state index contributed by atoms with van der Waals surface area (Å²) in [7, 11) is 0. The van der Waals surface area contributed by atoms with Gasteiger partial charge in [-0.1, -0.05) is 6.92 Å². The van der Waals surface area contributed by atoms with E-state index in [1.165, 1.54) is 6.26 Å². The average molecular weight is 238 g/mol. The number of hydrogen-bond acceptors (Lipinski definition) is 3. The summed E-state index contributed by atoms with van der Waals surface area (Å²) in [4.78, 5) is 22.8. The number of furan rings is 1. The molecule has 0 aliphatic carbocycles. The number of nitrogens with one attached hydrogen (secondary N) is 2. The number of rotatable bonds is 6. The van der Waals surface area contributed by atoms with Crippen LogP contribution in [0.1, 0.15) is 37.2 Å². The minimum atomic E-state index is -0.300. The highest BCUT2D eigenvalue weighted by molar-refractivity contribution is 5.91. The Kier molecular flexibility index (Phi) is 5.26. The summed E-state index contributed by atoms with van der Waals surface area (Å²) in [6, 6.07) is 3.39. The lowest BCUT2D eigenvalue weighted by Gasteiger charge is -2.11. The second-order valence-electron chi connectivity index (χ2n) is 3.86. The van der Waals surface area contributed by atoms with Crippen molar-refractivity contribution in [3.05, 3.63) is 24.2 Å². The molecular weight excluding hydrogens is 220 g/mol. The minimum absolute atomic E-state index is 0.0564. The van der Waals surface area contributed by atoms with E-state index in [2.05, 4.69) is 10.6 Å². The molecule has 1 rings (SSSR count). The first-order valence-electron chi connectivity index (χ1n) is 5.74. The number of amides is 2. The zero-order chi connectivity index (χ0) is 12.7. The van der Waals surface area contributed by atoms with Gasteiger partial charge in [0.15, 0.2) is 5.76 Å². The summed E-state index contributed by atoms with van der Waals surface area (Å²) in [6.45, 7) is 4.25. The smallest absolute Gasteiger partial charge is 0.286 e. The van der Waals surface area contributed by atoms with Crippen LogP contribution in [0.25, 0.3) is 0 Å². The van der Waals surface area contributed by atoms with Crippen LogP contribution in [0.15, 0.2) is 22.8 Å². The van der Waals surface area contributed by atoms with Crippen molar-refractivity contribution < 1.29 is 14.0 Å². The first-order valence-corrected chi connectivity index (χ1v) is 5.74. The Labute approximate surface area is 101 Å². The molecule has 0 saturated heterocycles. The molecule has 2 N–H and O–H groups in total. The van der Waals surface area contributed by atoms with Gasteiger partial charge in [-0.05, 0) is 25.5 Å². The lowest BCUT2D eigenvalue weighted by atomic mass is 10.2. The lowest BCUT2D eigenvalue weighted by Crippen LogP contribution is -2.35. The molecule has 17 heavy (non-hydrogen) atoms. The fourth-order valence-corrected chi connectivity index (χ4v) is 1.23. The molecule has 0 fully saturated rings. The summed E-state index contributed by atoms with van der Waals surface area (Å²) in [5.41, 5.74) is 0. The minimum Gasteiger partial charge on any atom is -0.459 e. The summed E-state index contributed by atoms with van der Waals surface area (Å²) >= 11 is 0. The Morgan fingerprint density at radius 2 is 2.24 bits per heavy atom. The molecule has 0 bridgehead atoms. The highest BCUT2D eigenvalue weighted by Crippen LogP contribution is 1.98. The summed E-state index contributed by atoms with van der Waals surface area (Å²) < 4.78 is 4.92. The van der Waals surface area contributed by atoms with E-state index in [-0.39, 0.29) is 30.0 Å². The SMILES string of the molecule is CCC(C)NC(=O)CCNC(=O)c1ccco1. The second kappa shape index (κ2) is 6.73. The standard InChI is InChI=1S/C12H18N2O3/c1-3-9(2)14-11(15)6-7-13-12(16)10-5-4-8-17-10/h4-5,8-9H,3,6-7H2,1-2H3,(H,13,16)(H,14,15). The van der Waals surface area contributed by atoms with Crippen LogP contribution in [0.4, 0.5) is 0 Å². The molecule has 5 nitrogen and oxygen atoms in total. The maximum absolute atomic E-state index is 11.4. The van der Waals surface area contributed by atoms with Crippen LogP contribution in [0, 0.1) is 0 Å². The average Bonchev–Trinajstić information content (AvgIpc) is 2.82. The Morgan fingerprint density at radius 3 is 2.82 bits per heavy atom. The first-order chi connectivity index (χ1) is 8.13. The lowest BCUT2D eigenvalue weighted by molar-refractivity contribution is -0.121. The van der Waals surface area contributed by atoms with Crippen molar-refractivity contribution in [1.29, 1.82) is 0 Å². The molecule has 1 heterocycles. The normalized spacial score (nSPS) is 11.9. The van der Waals surface area contributed by atoms with Gasteiger partial charge in [0.25, 0.3) is 5.91 Å². The predicted molar refractivity (Wildman–Crippen MR) is 63.6 cm³/mol. The van der Waals surface area contributed by atoms with E-state index in [1.807, 2.05) is 13.8 Å². The predicted octanol–water partition coefficient (Wildman–Crippen LogP) is 1.31.